The van der Waals surface area contributed by atoms with E-state index in [1.54, 1.807) is 0 Å². The molecule has 0 fully saturated rings. The van der Waals surface area contributed by atoms with Crippen LogP contribution in [0.25, 0.3) is 0 Å². The summed E-state index contributed by atoms with van der Waals surface area (Å²) in [7, 11) is 0. The highest BCUT2D eigenvalue weighted by Crippen LogP contribution is 2.42. The summed E-state index contributed by atoms with van der Waals surface area (Å²) >= 11 is 1.01. The fourth-order valence-corrected chi connectivity index (χ4v) is 4.05. The maximum Gasteiger partial charge on any atom is 0.334 e. The van der Waals surface area contributed by atoms with Gasteiger partial charge < -0.3 is 10.4 Å². The fourth-order valence-electron chi connectivity index (χ4n) is 2.82. The van der Waals surface area contributed by atoms with Gasteiger partial charge in [0.15, 0.2) is 11.6 Å². The van der Waals surface area contributed by atoms with E-state index in [2.05, 4.69) is 5.32 Å². The highest BCUT2D eigenvalue weighted by Gasteiger charge is 2.35. The number of halogens is 3. The van der Waals surface area contributed by atoms with E-state index in [9.17, 15) is 27.9 Å². The molecule has 1 aliphatic heterocycles. The smallest absolute Gasteiger partial charge is 0.334 e. The molecular weight excluding hydrogens is 379 g/mol. The number of hydrogen-bond donors (Lipinski definition) is 2. The summed E-state index contributed by atoms with van der Waals surface area (Å²) in [6.45, 7) is 1.41. The maximum absolute atomic E-state index is 14.3. The Morgan fingerprint density at radius 2 is 1.89 bits per heavy atom. The van der Waals surface area contributed by atoms with Crippen LogP contribution >= 0.6 is 11.8 Å². The minimum absolute atomic E-state index is 0.0175. The van der Waals surface area contributed by atoms with Crippen LogP contribution in [0.3, 0.4) is 0 Å². The summed E-state index contributed by atoms with van der Waals surface area (Å²) in [5.41, 5.74) is -0.184. The molecule has 1 aliphatic rings. The highest BCUT2D eigenvalue weighted by atomic mass is 32.2. The lowest BCUT2D eigenvalue weighted by molar-refractivity contribution is -0.132. The van der Waals surface area contributed by atoms with Crippen molar-refractivity contribution >= 4 is 23.6 Å². The van der Waals surface area contributed by atoms with E-state index in [1.807, 2.05) is 0 Å². The third-order valence-corrected chi connectivity index (χ3v) is 5.32. The van der Waals surface area contributed by atoms with Gasteiger partial charge in [-0.3, -0.25) is 4.79 Å². The van der Waals surface area contributed by atoms with Gasteiger partial charge in [0.2, 0.25) is 0 Å². The molecule has 2 aromatic carbocycles. The minimum atomic E-state index is -1.35. The third kappa shape index (κ3) is 3.71. The second kappa shape index (κ2) is 7.48. The number of benzene rings is 2. The van der Waals surface area contributed by atoms with Gasteiger partial charge in [-0.1, -0.05) is 18.2 Å². The van der Waals surface area contributed by atoms with E-state index in [0.29, 0.717) is 0 Å². The van der Waals surface area contributed by atoms with Crippen molar-refractivity contribution in [2.75, 3.05) is 5.75 Å². The number of nitrogens with one attached hydrogen (secondary N) is 1. The second-order valence-electron chi connectivity index (χ2n) is 5.98. The van der Waals surface area contributed by atoms with Crippen LogP contribution in [-0.2, 0) is 4.79 Å². The molecule has 140 valence electrons. The maximum atomic E-state index is 14.3. The summed E-state index contributed by atoms with van der Waals surface area (Å²) in [5.74, 6) is -5.57. The summed E-state index contributed by atoms with van der Waals surface area (Å²) in [6.07, 6.45) is 0. The van der Waals surface area contributed by atoms with Crippen LogP contribution in [0, 0.1) is 24.4 Å². The summed E-state index contributed by atoms with van der Waals surface area (Å²) in [4.78, 5) is 24.0. The Balaban J connectivity index is 1.96. The lowest BCUT2D eigenvalue weighted by Gasteiger charge is -2.14. The zero-order valence-corrected chi connectivity index (χ0v) is 14.9. The van der Waals surface area contributed by atoms with Crippen molar-refractivity contribution in [2.24, 2.45) is 0 Å². The Kier molecular flexibility index (Phi) is 5.27. The van der Waals surface area contributed by atoms with Crippen LogP contribution in [0.4, 0.5) is 13.2 Å². The van der Waals surface area contributed by atoms with Gasteiger partial charge in [0.1, 0.15) is 5.82 Å². The first-order valence-electron chi connectivity index (χ1n) is 7.91. The number of carboxylic acids is 1. The number of carbonyl (C=O) groups excluding carboxylic acids is 1. The molecule has 0 saturated heterocycles. The summed E-state index contributed by atoms with van der Waals surface area (Å²) < 4.78 is 41.5. The number of aryl methyl sites for hydroxylation is 1. The summed E-state index contributed by atoms with van der Waals surface area (Å²) in [5, 5.41) is 12.0. The number of aliphatic carboxylic acids is 1. The largest absolute Gasteiger partial charge is 0.478 e. The van der Waals surface area contributed by atoms with Gasteiger partial charge in [-0.15, -0.1) is 11.8 Å². The number of carboxylic acid groups (broad SMARTS) is 1. The van der Waals surface area contributed by atoms with Crippen LogP contribution in [0.2, 0.25) is 0 Å². The van der Waals surface area contributed by atoms with E-state index in [-0.39, 0.29) is 33.0 Å². The Labute approximate surface area is 157 Å². The number of rotatable bonds is 4. The molecule has 0 radical (unpaired) electrons. The minimum Gasteiger partial charge on any atom is -0.478 e. The first-order chi connectivity index (χ1) is 12.8. The van der Waals surface area contributed by atoms with Crippen LogP contribution in [-0.4, -0.2) is 22.7 Å². The predicted octanol–water partition coefficient (Wildman–Crippen LogP) is 3.97. The van der Waals surface area contributed by atoms with Gasteiger partial charge in [0, 0.05) is 17.2 Å². The first-order valence-corrected chi connectivity index (χ1v) is 8.89. The van der Waals surface area contributed by atoms with E-state index >= 15 is 0 Å². The number of amides is 1. The number of hydrogen-bond acceptors (Lipinski definition) is 3. The molecule has 0 spiro atoms. The van der Waals surface area contributed by atoms with Crippen LogP contribution in [0.5, 0.6) is 0 Å². The molecule has 0 saturated carbocycles. The second-order valence-corrected chi connectivity index (χ2v) is 7.01. The average molecular weight is 393 g/mol. The molecule has 1 atom stereocenters. The number of carbonyl (C=O) groups is 2. The van der Waals surface area contributed by atoms with Crippen LogP contribution in [0.1, 0.15) is 27.4 Å². The molecule has 1 amide bonds. The average Bonchev–Trinajstić information content (AvgIpc) is 3.03. The monoisotopic (exact) mass is 393 g/mol. The fraction of sp³-hybridized carbons (Fsp3) is 0.158. The Morgan fingerprint density at radius 3 is 2.56 bits per heavy atom. The van der Waals surface area contributed by atoms with Crippen molar-refractivity contribution in [3.8, 4) is 0 Å². The summed E-state index contributed by atoms with van der Waals surface area (Å²) in [6, 6.07) is 7.65. The van der Waals surface area contributed by atoms with E-state index in [0.717, 1.165) is 17.8 Å². The molecule has 8 heteroatoms. The molecule has 4 nitrogen and oxygen atoms in total. The topological polar surface area (TPSA) is 66.4 Å². The number of thioether (sulfide) groups is 1. The zero-order chi connectivity index (χ0) is 19.7. The van der Waals surface area contributed by atoms with Gasteiger partial charge in [0.25, 0.3) is 5.91 Å². The van der Waals surface area contributed by atoms with Gasteiger partial charge in [0.05, 0.1) is 10.6 Å². The zero-order valence-electron chi connectivity index (χ0n) is 14.1. The standard InChI is InChI=1S/C19H14F3NO3S/c1-9-5-6-12(16(22)15(9)21)13-8-27-18(14(13)19(25)26)23-17(24)10-3-2-4-11(20)7-10/h2-7,13H,8H2,1H3,(H,23,24)(H,25,26). The first kappa shape index (κ1) is 19.0. The van der Waals surface area contributed by atoms with Crippen molar-refractivity contribution in [1.29, 1.82) is 0 Å². The Morgan fingerprint density at radius 1 is 1.15 bits per heavy atom. The molecule has 0 aliphatic carbocycles. The van der Waals surface area contributed by atoms with Gasteiger partial charge in [-0.25, -0.2) is 18.0 Å². The van der Waals surface area contributed by atoms with Gasteiger partial charge >= 0.3 is 5.97 Å². The quantitative estimate of drug-likeness (QED) is 0.825. The molecule has 1 unspecified atom stereocenters. The van der Waals surface area contributed by atoms with E-state index in [4.69, 9.17) is 0 Å². The third-order valence-electron chi connectivity index (χ3n) is 4.21. The molecule has 27 heavy (non-hydrogen) atoms. The molecule has 0 aromatic heterocycles. The van der Waals surface area contributed by atoms with Crippen LogP contribution in [0.15, 0.2) is 47.0 Å². The van der Waals surface area contributed by atoms with Crippen molar-refractivity contribution in [3.05, 3.63) is 81.1 Å². The van der Waals surface area contributed by atoms with Crippen molar-refractivity contribution in [1.82, 2.24) is 5.32 Å². The van der Waals surface area contributed by atoms with E-state index < -0.39 is 35.2 Å². The van der Waals surface area contributed by atoms with Gasteiger partial charge in [-0.2, -0.15) is 0 Å². The van der Waals surface area contributed by atoms with Crippen molar-refractivity contribution in [3.63, 3.8) is 0 Å². The lowest BCUT2D eigenvalue weighted by Crippen LogP contribution is -2.23. The highest BCUT2D eigenvalue weighted by molar-refractivity contribution is 8.03. The molecule has 0 bridgehead atoms. The van der Waals surface area contributed by atoms with Crippen molar-refractivity contribution in [2.45, 2.75) is 12.8 Å². The Hall–Kier alpha value is -2.74. The van der Waals surface area contributed by atoms with E-state index in [1.165, 1.54) is 37.3 Å². The molecule has 2 aromatic rings. The van der Waals surface area contributed by atoms with Crippen LogP contribution < -0.4 is 5.32 Å². The van der Waals surface area contributed by atoms with Gasteiger partial charge in [-0.05, 0) is 36.2 Å². The lowest BCUT2D eigenvalue weighted by atomic mass is 9.92. The predicted molar refractivity (Wildman–Crippen MR) is 94.8 cm³/mol. The Bertz CT molecular complexity index is 975. The molecule has 3 rings (SSSR count). The SMILES string of the molecule is Cc1ccc(C2CSC(NC(=O)c3cccc(F)c3)=C2C(=O)O)c(F)c1F. The van der Waals surface area contributed by atoms with Crippen molar-refractivity contribution < 1.29 is 27.9 Å². The molecule has 2 N–H and O–H groups in total. The molecular formula is C19H14F3NO3S. The normalized spacial score (nSPS) is 16.5. The molecule has 1 heterocycles.